The molecule has 16 heteroatoms. The molecule has 238 valence electrons. The van der Waals surface area contributed by atoms with Gasteiger partial charge in [0.1, 0.15) is 24.1 Å². The maximum atomic E-state index is 13.6. The Balaban J connectivity index is 1.62. The lowest BCUT2D eigenvalue weighted by molar-refractivity contribution is -0.197. The quantitative estimate of drug-likeness (QED) is 0.111. The summed E-state index contributed by atoms with van der Waals surface area (Å²) in [5.74, 6) is -0.00367. The molecule has 2 saturated heterocycles. The molecule has 3 fully saturated rings. The fourth-order valence-electron chi connectivity index (χ4n) is 5.61. The number of nitrogens with zero attached hydrogens (tertiary/aromatic N) is 4. The van der Waals surface area contributed by atoms with Crippen LogP contribution in [0.2, 0.25) is 5.28 Å². The fraction of sp³-hybridized carbons (Fsp3) is 0.808. The van der Waals surface area contributed by atoms with Crippen LogP contribution < -0.4 is 10.3 Å². The number of aliphatic hydroxyl groups is 2. The van der Waals surface area contributed by atoms with E-state index in [2.05, 4.69) is 27.1 Å². The molecule has 3 heterocycles. The molecule has 42 heavy (non-hydrogen) atoms. The Labute approximate surface area is 251 Å². The van der Waals surface area contributed by atoms with Crippen LogP contribution >= 0.6 is 19.2 Å². The number of hydrogen-bond acceptors (Lipinski definition) is 14. The summed E-state index contributed by atoms with van der Waals surface area (Å²) in [4.78, 5) is 8.86. The summed E-state index contributed by atoms with van der Waals surface area (Å²) in [5, 5.41) is 27.6. The van der Waals surface area contributed by atoms with Crippen molar-refractivity contribution in [3.63, 3.8) is 0 Å². The molecule has 4 rings (SSSR count). The molecule has 0 spiro atoms. The van der Waals surface area contributed by atoms with Gasteiger partial charge >= 0.3 is 7.60 Å². The second-order valence-corrected chi connectivity index (χ2v) is 13.6. The first-order chi connectivity index (χ1) is 20.0. The first kappa shape index (κ1) is 33.4. The smallest absolute Gasteiger partial charge is 0.367 e. The number of ether oxygens (including phenoxy) is 4. The Bertz CT molecular complexity index is 1130. The van der Waals surface area contributed by atoms with Crippen LogP contribution in [0.15, 0.2) is 5.10 Å². The Morgan fingerprint density at radius 2 is 1.79 bits per heavy atom. The maximum absolute atomic E-state index is 13.6. The number of fused-ring (bicyclic) bond motifs is 1. The molecular formula is C26H43ClN5O9P. The molecule has 1 aromatic rings. The van der Waals surface area contributed by atoms with E-state index in [-0.39, 0.29) is 31.1 Å². The van der Waals surface area contributed by atoms with Crippen LogP contribution in [0.5, 0.6) is 0 Å². The fourth-order valence-corrected chi connectivity index (χ4v) is 7.58. The number of nitrogens with one attached hydrogen (secondary N) is 1. The van der Waals surface area contributed by atoms with E-state index in [0.29, 0.717) is 17.2 Å². The zero-order valence-electron chi connectivity index (χ0n) is 24.8. The molecule has 1 saturated carbocycles. The molecule has 1 unspecified atom stereocenters. The summed E-state index contributed by atoms with van der Waals surface area (Å²) >= 11 is 6.36. The van der Waals surface area contributed by atoms with E-state index in [0.717, 1.165) is 25.7 Å². The third-order valence-corrected chi connectivity index (χ3v) is 10.4. The summed E-state index contributed by atoms with van der Waals surface area (Å²) in [6, 6.07) is 0.288. The van der Waals surface area contributed by atoms with Crippen molar-refractivity contribution in [1.29, 1.82) is 0 Å². The third kappa shape index (κ3) is 6.63. The van der Waals surface area contributed by atoms with Crippen LogP contribution in [-0.2, 0) is 32.6 Å². The normalized spacial score (nSPS) is 26.0. The van der Waals surface area contributed by atoms with E-state index < -0.39 is 56.5 Å². The van der Waals surface area contributed by atoms with Crippen molar-refractivity contribution in [2.24, 2.45) is 5.10 Å². The predicted octanol–water partition coefficient (Wildman–Crippen LogP) is 3.42. The molecule has 4 atom stereocenters. The first-order valence-corrected chi connectivity index (χ1v) is 16.2. The van der Waals surface area contributed by atoms with Gasteiger partial charge in [-0.2, -0.15) is 10.1 Å². The lowest BCUT2D eigenvalue weighted by Gasteiger charge is -2.36. The van der Waals surface area contributed by atoms with Gasteiger partial charge < -0.3 is 43.5 Å². The van der Waals surface area contributed by atoms with E-state index in [1.54, 1.807) is 27.7 Å². The predicted molar refractivity (Wildman–Crippen MR) is 156 cm³/mol. The van der Waals surface area contributed by atoms with Crippen LogP contribution in [0.25, 0.3) is 0 Å². The van der Waals surface area contributed by atoms with Crippen LogP contribution in [0, 0.1) is 6.92 Å². The van der Waals surface area contributed by atoms with Crippen molar-refractivity contribution in [3.8, 4) is 0 Å². The van der Waals surface area contributed by atoms with Crippen molar-refractivity contribution in [2.45, 2.75) is 102 Å². The van der Waals surface area contributed by atoms with Crippen LogP contribution in [-0.4, -0.2) is 102 Å². The van der Waals surface area contributed by atoms with Crippen molar-refractivity contribution < 1.29 is 42.8 Å². The highest BCUT2D eigenvalue weighted by Gasteiger charge is 2.59. The number of aliphatic hydroxyl groups excluding tert-OH is 2. The van der Waals surface area contributed by atoms with Crippen LogP contribution in [0.4, 0.5) is 11.6 Å². The van der Waals surface area contributed by atoms with Gasteiger partial charge in [-0.1, -0.05) is 12.8 Å². The minimum atomic E-state index is -4.12. The van der Waals surface area contributed by atoms with E-state index >= 15 is 0 Å². The lowest BCUT2D eigenvalue weighted by Crippen LogP contribution is -2.45. The number of aromatic nitrogens is 2. The molecular weight excluding hydrogens is 593 g/mol. The number of hydrazone groups is 1. The van der Waals surface area contributed by atoms with Crippen molar-refractivity contribution in [1.82, 2.24) is 9.97 Å². The van der Waals surface area contributed by atoms with Gasteiger partial charge in [-0.25, -0.2) is 9.99 Å². The van der Waals surface area contributed by atoms with Gasteiger partial charge in [0.2, 0.25) is 10.6 Å². The molecule has 3 aliphatic rings. The molecule has 0 amide bonds. The van der Waals surface area contributed by atoms with Crippen molar-refractivity contribution in [3.05, 3.63) is 10.8 Å². The molecule has 3 N–H and O–H groups in total. The highest BCUT2D eigenvalue weighted by Crippen LogP contribution is 2.60. The Morgan fingerprint density at radius 3 is 2.36 bits per heavy atom. The largest absolute Gasteiger partial charge is 0.393 e. The maximum Gasteiger partial charge on any atom is 0.367 e. The number of anilines is 2. The summed E-state index contributed by atoms with van der Waals surface area (Å²) in [7, 11) is -4.12. The lowest BCUT2D eigenvalue weighted by atomic mass is 10.1. The molecule has 1 aromatic heterocycles. The summed E-state index contributed by atoms with van der Waals surface area (Å²) < 4.78 is 49.2. The summed E-state index contributed by atoms with van der Waals surface area (Å²) in [6.07, 6.45) is 1.34. The second kappa shape index (κ2) is 13.7. The Kier molecular flexibility index (Phi) is 10.9. The summed E-state index contributed by atoms with van der Waals surface area (Å²) in [5.41, 5.74) is 0.700. The van der Waals surface area contributed by atoms with Crippen molar-refractivity contribution >= 4 is 37.5 Å². The van der Waals surface area contributed by atoms with Crippen LogP contribution in [0.1, 0.15) is 58.9 Å². The van der Waals surface area contributed by atoms with Gasteiger partial charge in [0.05, 0.1) is 33.0 Å². The highest BCUT2D eigenvalue weighted by atomic mass is 35.5. The van der Waals surface area contributed by atoms with Gasteiger partial charge in [0, 0.05) is 18.3 Å². The SMILES string of the molecule is C=NN(c1nc(Cl)nc(NC2CCCC2)c1C)[C@@H]1OC(COC(CO)(CO)P(=O)(OCC)OCC)[C@H]2OC(C)(C)O[C@H]21. The van der Waals surface area contributed by atoms with Crippen molar-refractivity contribution in [2.75, 3.05) is 43.4 Å². The van der Waals surface area contributed by atoms with Gasteiger partial charge in [-0.05, 0) is 59.1 Å². The van der Waals surface area contributed by atoms with Crippen LogP contribution in [0.3, 0.4) is 0 Å². The zero-order valence-corrected chi connectivity index (χ0v) is 26.5. The minimum absolute atomic E-state index is 0.0125. The first-order valence-electron chi connectivity index (χ1n) is 14.3. The minimum Gasteiger partial charge on any atom is -0.393 e. The van der Waals surface area contributed by atoms with E-state index in [1.807, 2.05) is 6.92 Å². The summed E-state index contributed by atoms with van der Waals surface area (Å²) in [6.45, 7) is 10.5. The third-order valence-electron chi connectivity index (χ3n) is 7.63. The van der Waals surface area contributed by atoms with Gasteiger partial charge in [0.25, 0.3) is 0 Å². The zero-order chi connectivity index (χ0) is 30.7. The average Bonchev–Trinajstić information content (AvgIpc) is 3.64. The Morgan fingerprint density at radius 1 is 1.17 bits per heavy atom. The Hall–Kier alpha value is -1.45. The standard InChI is InChI=1S/C26H43ClN5O9P/c1-7-37-42(35,38-8-2)26(14-33,15-34)36-13-18-19-20(41-25(4,5)40-19)23(39-18)32(28-6)22-16(3)21(30-24(27)31-22)29-17-11-9-10-12-17/h17-20,23,33-34H,6-15H2,1-5H3,(H,29,30,31)/t18?,19-,20-,23-/m1/s1. The monoisotopic (exact) mass is 635 g/mol. The molecule has 14 nitrogen and oxygen atoms in total. The highest BCUT2D eigenvalue weighted by molar-refractivity contribution is 7.55. The number of rotatable bonds is 15. The van der Waals surface area contributed by atoms with Gasteiger partial charge in [-0.3, -0.25) is 4.57 Å². The number of halogens is 1. The molecule has 0 aromatic carbocycles. The molecule has 2 aliphatic heterocycles. The van der Waals surface area contributed by atoms with E-state index in [1.165, 1.54) is 5.01 Å². The second-order valence-electron chi connectivity index (χ2n) is 10.9. The van der Waals surface area contributed by atoms with Gasteiger partial charge in [0.15, 0.2) is 17.8 Å². The topological polar surface area (TPSA) is 166 Å². The molecule has 0 radical (unpaired) electrons. The van der Waals surface area contributed by atoms with E-state index in [9.17, 15) is 14.8 Å². The number of hydrogen-bond donors (Lipinski definition) is 3. The average molecular weight is 636 g/mol. The molecule has 1 aliphatic carbocycles. The van der Waals surface area contributed by atoms with Gasteiger partial charge in [-0.15, -0.1) is 0 Å². The van der Waals surface area contributed by atoms with E-state index in [4.69, 9.17) is 39.6 Å². The molecule has 0 bridgehead atoms.